The Morgan fingerprint density at radius 2 is 1.67 bits per heavy atom. The van der Waals surface area contributed by atoms with Crippen molar-refractivity contribution in [2.24, 2.45) is 17.2 Å². The van der Waals surface area contributed by atoms with Gasteiger partial charge in [-0.2, -0.15) is 0 Å². The molecule has 0 spiro atoms. The molecule has 0 aromatic carbocycles. The van der Waals surface area contributed by atoms with E-state index in [9.17, 15) is 4.79 Å². The third-order valence-electron chi connectivity index (χ3n) is 2.24. The Balaban J connectivity index is 4.30. The average Bonchev–Trinajstić information content (AvgIpc) is 2.18. The average molecular weight is 218 g/mol. The highest BCUT2D eigenvalue weighted by molar-refractivity contribution is 5.73. The van der Waals surface area contributed by atoms with Crippen LogP contribution >= 0.6 is 0 Å². The van der Waals surface area contributed by atoms with E-state index in [0.29, 0.717) is 45.6 Å². The van der Waals surface area contributed by atoms with Crippen LogP contribution in [0.5, 0.6) is 0 Å². The molecule has 0 saturated carbocycles. The Labute approximate surface area is 90.4 Å². The van der Waals surface area contributed by atoms with Crippen LogP contribution in [0.4, 0.5) is 0 Å². The lowest BCUT2D eigenvalue weighted by Crippen LogP contribution is -2.46. The molecule has 1 unspecified atom stereocenters. The number of rotatable bonds is 9. The quantitative estimate of drug-likeness (QED) is 0.370. The lowest BCUT2D eigenvalue weighted by Gasteiger charge is -2.27. The minimum atomic E-state index is -0.828. The molecule has 0 rings (SSSR count). The maximum absolute atomic E-state index is 11.0. The Kier molecular flexibility index (Phi) is 8.21. The summed E-state index contributed by atoms with van der Waals surface area (Å²) in [5.41, 5.74) is 16.2. The molecule has 0 aliphatic heterocycles. The molecule has 0 saturated heterocycles. The van der Waals surface area contributed by atoms with Gasteiger partial charge in [0.15, 0.2) is 0 Å². The van der Waals surface area contributed by atoms with E-state index in [1.54, 1.807) is 4.90 Å². The van der Waals surface area contributed by atoms with Crippen LogP contribution in [-0.4, -0.2) is 54.7 Å². The number of aliphatic carboxylic acids is 1. The van der Waals surface area contributed by atoms with E-state index in [2.05, 4.69) is 0 Å². The number of hydrogen-bond acceptors (Lipinski definition) is 5. The van der Waals surface area contributed by atoms with E-state index < -0.39 is 12.0 Å². The van der Waals surface area contributed by atoms with E-state index in [4.69, 9.17) is 22.3 Å². The summed E-state index contributed by atoms with van der Waals surface area (Å²) in [7, 11) is 0. The van der Waals surface area contributed by atoms with Crippen molar-refractivity contribution in [1.29, 1.82) is 0 Å². The topological polar surface area (TPSA) is 119 Å². The Hall–Kier alpha value is -0.690. The zero-order valence-electron chi connectivity index (χ0n) is 9.06. The Morgan fingerprint density at radius 3 is 2.00 bits per heavy atom. The molecule has 1 atom stereocenters. The van der Waals surface area contributed by atoms with Gasteiger partial charge in [-0.3, -0.25) is 9.69 Å². The second-order valence-corrected chi connectivity index (χ2v) is 3.40. The summed E-state index contributed by atoms with van der Waals surface area (Å²) in [5, 5.41) is 9.06. The van der Waals surface area contributed by atoms with E-state index in [-0.39, 0.29) is 0 Å². The molecule has 0 amide bonds. The van der Waals surface area contributed by atoms with Crippen molar-refractivity contribution in [3.8, 4) is 0 Å². The summed E-state index contributed by atoms with van der Waals surface area (Å²) in [4.78, 5) is 12.8. The van der Waals surface area contributed by atoms with E-state index in [0.717, 1.165) is 0 Å². The fraction of sp³-hybridized carbons (Fsp3) is 0.889. The molecule has 6 heteroatoms. The van der Waals surface area contributed by atoms with Gasteiger partial charge < -0.3 is 22.3 Å². The van der Waals surface area contributed by atoms with E-state index in [1.165, 1.54) is 0 Å². The van der Waals surface area contributed by atoms with Crippen LogP contribution in [-0.2, 0) is 4.79 Å². The second kappa shape index (κ2) is 8.60. The second-order valence-electron chi connectivity index (χ2n) is 3.40. The van der Waals surface area contributed by atoms with Gasteiger partial charge in [-0.05, 0) is 19.4 Å². The molecule has 6 nitrogen and oxygen atoms in total. The molecule has 7 N–H and O–H groups in total. The standard InChI is InChI=1S/C9H22N4O2/c10-3-1-2-8(9(14)15)13(6-4-11)7-5-12/h8H,1-7,10-12H2,(H,14,15). The first kappa shape index (κ1) is 14.3. The van der Waals surface area contributed by atoms with Gasteiger partial charge in [0, 0.05) is 26.2 Å². The lowest BCUT2D eigenvalue weighted by atomic mass is 10.1. The molecule has 90 valence electrons. The van der Waals surface area contributed by atoms with Crippen LogP contribution < -0.4 is 17.2 Å². The summed E-state index contributed by atoms with van der Waals surface area (Å²) in [6, 6.07) is -0.513. The van der Waals surface area contributed by atoms with Gasteiger partial charge in [-0.25, -0.2) is 0 Å². The molecule has 0 aliphatic carbocycles. The highest BCUT2D eigenvalue weighted by atomic mass is 16.4. The first-order valence-electron chi connectivity index (χ1n) is 5.24. The molecule has 15 heavy (non-hydrogen) atoms. The van der Waals surface area contributed by atoms with Crippen LogP contribution in [0.15, 0.2) is 0 Å². The maximum atomic E-state index is 11.0. The monoisotopic (exact) mass is 218 g/mol. The van der Waals surface area contributed by atoms with Crippen LogP contribution in [0.2, 0.25) is 0 Å². The first-order valence-corrected chi connectivity index (χ1v) is 5.24. The van der Waals surface area contributed by atoms with Gasteiger partial charge in [0.1, 0.15) is 6.04 Å². The number of nitrogens with zero attached hydrogens (tertiary/aromatic N) is 1. The van der Waals surface area contributed by atoms with Gasteiger partial charge in [-0.1, -0.05) is 0 Å². The fourth-order valence-electron chi connectivity index (χ4n) is 1.53. The SMILES string of the molecule is NCCCC(C(=O)O)N(CCN)CCN. The van der Waals surface area contributed by atoms with Crippen molar-refractivity contribution in [2.75, 3.05) is 32.7 Å². The van der Waals surface area contributed by atoms with Crippen molar-refractivity contribution in [1.82, 2.24) is 4.90 Å². The summed E-state index contributed by atoms with van der Waals surface area (Å²) >= 11 is 0. The van der Waals surface area contributed by atoms with E-state index >= 15 is 0 Å². The van der Waals surface area contributed by atoms with Gasteiger partial charge in [0.05, 0.1) is 0 Å². The molecular weight excluding hydrogens is 196 g/mol. The molecule has 0 aliphatic rings. The minimum absolute atomic E-state index is 0.437. The van der Waals surface area contributed by atoms with Crippen LogP contribution in [0.3, 0.4) is 0 Å². The number of hydrogen-bond donors (Lipinski definition) is 4. The maximum Gasteiger partial charge on any atom is 0.320 e. The van der Waals surface area contributed by atoms with Crippen LogP contribution in [0.1, 0.15) is 12.8 Å². The number of carboxylic acid groups (broad SMARTS) is 1. The van der Waals surface area contributed by atoms with Crippen LogP contribution in [0, 0.1) is 0 Å². The van der Waals surface area contributed by atoms with Crippen molar-refractivity contribution in [3.05, 3.63) is 0 Å². The summed E-state index contributed by atoms with van der Waals surface area (Å²) in [6.07, 6.45) is 1.24. The minimum Gasteiger partial charge on any atom is -0.480 e. The summed E-state index contributed by atoms with van der Waals surface area (Å²) in [5.74, 6) is -0.828. The predicted octanol–water partition coefficient (Wildman–Crippen LogP) is -1.60. The molecule has 0 aromatic heterocycles. The third kappa shape index (κ3) is 5.68. The van der Waals surface area contributed by atoms with Gasteiger partial charge in [-0.15, -0.1) is 0 Å². The van der Waals surface area contributed by atoms with Crippen molar-refractivity contribution < 1.29 is 9.90 Å². The zero-order valence-corrected chi connectivity index (χ0v) is 9.06. The number of nitrogens with two attached hydrogens (primary N) is 3. The smallest absolute Gasteiger partial charge is 0.320 e. The lowest BCUT2D eigenvalue weighted by molar-refractivity contribution is -0.143. The van der Waals surface area contributed by atoms with Gasteiger partial charge in [0.2, 0.25) is 0 Å². The Bertz CT molecular complexity index is 171. The third-order valence-corrected chi connectivity index (χ3v) is 2.24. The zero-order chi connectivity index (χ0) is 11.7. The predicted molar refractivity (Wildman–Crippen MR) is 59.4 cm³/mol. The Morgan fingerprint density at radius 1 is 1.13 bits per heavy atom. The molecule has 0 fully saturated rings. The van der Waals surface area contributed by atoms with Crippen molar-refractivity contribution in [3.63, 3.8) is 0 Å². The number of carbonyl (C=O) groups is 1. The van der Waals surface area contributed by atoms with Crippen molar-refractivity contribution >= 4 is 5.97 Å². The highest BCUT2D eigenvalue weighted by Gasteiger charge is 2.23. The molecular formula is C9H22N4O2. The molecule has 0 aromatic rings. The first-order chi connectivity index (χ1) is 7.17. The summed E-state index contributed by atoms with van der Waals surface area (Å²) in [6.45, 7) is 2.49. The molecule has 0 heterocycles. The highest BCUT2D eigenvalue weighted by Crippen LogP contribution is 2.06. The fourth-order valence-corrected chi connectivity index (χ4v) is 1.53. The molecule has 0 bridgehead atoms. The largest absolute Gasteiger partial charge is 0.480 e. The summed E-state index contributed by atoms with van der Waals surface area (Å²) < 4.78 is 0. The van der Waals surface area contributed by atoms with Crippen LogP contribution in [0.25, 0.3) is 0 Å². The van der Waals surface area contributed by atoms with E-state index in [1.807, 2.05) is 0 Å². The number of carboxylic acids is 1. The van der Waals surface area contributed by atoms with Gasteiger partial charge >= 0.3 is 5.97 Å². The van der Waals surface area contributed by atoms with Gasteiger partial charge in [0.25, 0.3) is 0 Å². The molecule has 0 radical (unpaired) electrons. The normalized spacial score (nSPS) is 13.1. The van der Waals surface area contributed by atoms with Crippen molar-refractivity contribution in [2.45, 2.75) is 18.9 Å².